The van der Waals surface area contributed by atoms with Gasteiger partial charge in [-0.3, -0.25) is 0 Å². The molecular formula is C12H15N3O2. The quantitative estimate of drug-likeness (QED) is 0.757. The number of fused-ring (bicyclic) bond motifs is 1. The van der Waals surface area contributed by atoms with Gasteiger partial charge in [0.2, 0.25) is 0 Å². The van der Waals surface area contributed by atoms with E-state index in [9.17, 15) is 4.79 Å². The van der Waals surface area contributed by atoms with Gasteiger partial charge in [0.05, 0.1) is 7.11 Å². The van der Waals surface area contributed by atoms with Crippen molar-refractivity contribution >= 4 is 11.6 Å². The zero-order valence-electron chi connectivity index (χ0n) is 10.2. The zero-order chi connectivity index (χ0) is 12.4. The maximum atomic E-state index is 11.6. The van der Waals surface area contributed by atoms with E-state index >= 15 is 0 Å². The smallest absolute Gasteiger partial charge is 0.341 e. The van der Waals surface area contributed by atoms with Crippen LogP contribution < -0.4 is 0 Å². The van der Waals surface area contributed by atoms with E-state index in [1.165, 1.54) is 7.11 Å². The highest BCUT2D eigenvalue weighted by molar-refractivity contribution is 5.95. The van der Waals surface area contributed by atoms with Gasteiger partial charge >= 0.3 is 5.97 Å². The number of aromatic nitrogens is 3. The maximum Gasteiger partial charge on any atom is 0.341 e. The van der Waals surface area contributed by atoms with Crippen LogP contribution in [0.4, 0.5) is 0 Å². The van der Waals surface area contributed by atoms with Crippen LogP contribution in [-0.2, 0) is 11.2 Å². The van der Waals surface area contributed by atoms with Gasteiger partial charge in [0, 0.05) is 12.6 Å². The van der Waals surface area contributed by atoms with Crippen LogP contribution in [0.2, 0.25) is 0 Å². The summed E-state index contributed by atoms with van der Waals surface area (Å²) in [5.41, 5.74) is 0.993. The lowest BCUT2D eigenvalue weighted by molar-refractivity contribution is 0.0602. The molecule has 0 aromatic carbocycles. The number of methoxy groups -OCH3 is 1. The van der Waals surface area contributed by atoms with Gasteiger partial charge in [0.25, 0.3) is 0 Å². The van der Waals surface area contributed by atoms with E-state index in [1.54, 1.807) is 22.8 Å². The molecule has 90 valence electrons. The molecular weight excluding hydrogens is 218 g/mol. The zero-order valence-corrected chi connectivity index (χ0v) is 10.2. The summed E-state index contributed by atoms with van der Waals surface area (Å²) in [6.45, 7) is 4.21. The molecule has 0 unspecified atom stereocenters. The number of hydrogen-bond acceptors (Lipinski definition) is 4. The highest BCUT2D eigenvalue weighted by Crippen LogP contribution is 2.12. The monoisotopic (exact) mass is 233 g/mol. The number of ether oxygens (including phenoxy) is 1. The summed E-state index contributed by atoms with van der Waals surface area (Å²) >= 11 is 0. The Kier molecular flexibility index (Phi) is 3.08. The topological polar surface area (TPSA) is 56.5 Å². The average molecular weight is 233 g/mol. The third-order valence-electron chi connectivity index (χ3n) is 2.40. The predicted molar refractivity (Wildman–Crippen MR) is 62.9 cm³/mol. The molecule has 0 saturated carbocycles. The number of esters is 1. The molecule has 0 spiro atoms. The van der Waals surface area contributed by atoms with E-state index in [4.69, 9.17) is 4.74 Å². The maximum absolute atomic E-state index is 11.6. The van der Waals surface area contributed by atoms with E-state index in [0.29, 0.717) is 17.1 Å². The minimum Gasteiger partial charge on any atom is -0.465 e. The Morgan fingerprint density at radius 1 is 1.53 bits per heavy atom. The van der Waals surface area contributed by atoms with Gasteiger partial charge in [-0.15, -0.1) is 0 Å². The van der Waals surface area contributed by atoms with Gasteiger partial charge in [0.1, 0.15) is 5.56 Å². The van der Waals surface area contributed by atoms with Gasteiger partial charge in [0.15, 0.2) is 11.5 Å². The fraction of sp³-hybridized carbons (Fsp3) is 0.417. The first-order chi connectivity index (χ1) is 8.11. The van der Waals surface area contributed by atoms with Crippen molar-refractivity contribution in [1.29, 1.82) is 0 Å². The number of carbonyl (C=O) groups is 1. The van der Waals surface area contributed by atoms with Crippen molar-refractivity contribution in [2.45, 2.75) is 20.3 Å². The second-order valence-electron chi connectivity index (χ2n) is 4.31. The summed E-state index contributed by atoms with van der Waals surface area (Å²) in [6, 6.07) is 3.45. The first-order valence-corrected chi connectivity index (χ1v) is 5.54. The van der Waals surface area contributed by atoms with Crippen LogP contribution in [0.15, 0.2) is 18.3 Å². The van der Waals surface area contributed by atoms with E-state index in [1.807, 2.05) is 0 Å². The van der Waals surface area contributed by atoms with Crippen LogP contribution in [0.1, 0.15) is 30.0 Å². The molecule has 2 aromatic rings. The molecule has 5 nitrogen and oxygen atoms in total. The van der Waals surface area contributed by atoms with Crippen LogP contribution in [0.25, 0.3) is 5.65 Å². The molecule has 0 amide bonds. The van der Waals surface area contributed by atoms with Crippen molar-refractivity contribution in [2.24, 2.45) is 5.92 Å². The first kappa shape index (κ1) is 11.6. The molecule has 0 aliphatic heterocycles. The van der Waals surface area contributed by atoms with Gasteiger partial charge in [-0.2, -0.15) is 5.10 Å². The molecule has 0 aliphatic carbocycles. The third kappa shape index (κ3) is 2.27. The fourth-order valence-corrected chi connectivity index (χ4v) is 1.67. The highest BCUT2D eigenvalue weighted by Gasteiger charge is 2.14. The van der Waals surface area contributed by atoms with Gasteiger partial charge in [-0.05, 0) is 18.1 Å². The number of hydrogen-bond donors (Lipinski definition) is 0. The molecule has 0 atom stereocenters. The van der Waals surface area contributed by atoms with E-state index in [0.717, 1.165) is 12.2 Å². The molecule has 0 bridgehead atoms. The van der Waals surface area contributed by atoms with Crippen LogP contribution >= 0.6 is 0 Å². The summed E-state index contributed by atoms with van der Waals surface area (Å²) in [7, 11) is 1.36. The molecule has 0 saturated heterocycles. The fourth-order valence-electron chi connectivity index (χ4n) is 1.67. The lowest BCUT2D eigenvalue weighted by Crippen LogP contribution is -2.04. The van der Waals surface area contributed by atoms with E-state index < -0.39 is 0 Å². The van der Waals surface area contributed by atoms with Crippen molar-refractivity contribution in [2.75, 3.05) is 7.11 Å². The Morgan fingerprint density at radius 3 is 2.94 bits per heavy atom. The molecule has 17 heavy (non-hydrogen) atoms. The Hall–Kier alpha value is -1.91. The van der Waals surface area contributed by atoms with Gasteiger partial charge in [-0.25, -0.2) is 14.3 Å². The molecule has 2 heterocycles. The van der Waals surface area contributed by atoms with Crippen molar-refractivity contribution in [3.05, 3.63) is 29.7 Å². The van der Waals surface area contributed by atoms with E-state index in [2.05, 4.69) is 23.9 Å². The second-order valence-corrected chi connectivity index (χ2v) is 4.31. The SMILES string of the molecule is COC(=O)c1cccn2nc(CC(C)C)nc12. The Bertz CT molecular complexity index is 546. The van der Waals surface area contributed by atoms with Crippen LogP contribution in [0, 0.1) is 5.92 Å². The molecule has 0 aliphatic rings. The Balaban J connectivity index is 2.49. The predicted octanol–water partition coefficient (Wildman–Crippen LogP) is 1.71. The number of nitrogens with zero attached hydrogens (tertiary/aromatic N) is 3. The molecule has 2 rings (SSSR count). The van der Waals surface area contributed by atoms with Crippen molar-refractivity contribution in [3.8, 4) is 0 Å². The summed E-state index contributed by atoms with van der Waals surface area (Å²) in [4.78, 5) is 15.9. The summed E-state index contributed by atoms with van der Waals surface area (Å²) < 4.78 is 6.33. The number of carbonyl (C=O) groups excluding carboxylic acids is 1. The van der Waals surface area contributed by atoms with E-state index in [-0.39, 0.29) is 5.97 Å². The summed E-state index contributed by atoms with van der Waals surface area (Å²) in [5, 5.41) is 4.33. The van der Waals surface area contributed by atoms with Gasteiger partial charge < -0.3 is 4.74 Å². The minimum absolute atomic E-state index is 0.390. The Labute approximate surface area is 99.4 Å². The normalized spacial score (nSPS) is 11.1. The largest absolute Gasteiger partial charge is 0.465 e. The number of rotatable bonds is 3. The standard InChI is InChI=1S/C12H15N3O2/c1-8(2)7-10-13-11-9(12(16)17-3)5-4-6-15(11)14-10/h4-6,8H,7H2,1-3H3. The lowest BCUT2D eigenvalue weighted by Gasteiger charge is -1.99. The first-order valence-electron chi connectivity index (χ1n) is 5.54. The molecule has 2 aromatic heterocycles. The average Bonchev–Trinajstić information content (AvgIpc) is 2.68. The van der Waals surface area contributed by atoms with Crippen molar-refractivity contribution in [1.82, 2.24) is 14.6 Å². The molecule has 0 radical (unpaired) electrons. The van der Waals surface area contributed by atoms with Crippen LogP contribution in [0.5, 0.6) is 0 Å². The van der Waals surface area contributed by atoms with Crippen LogP contribution in [-0.4, -0.2) is 27.7 Å². The summed E-state index contributed by atoms with van der Waals surface area (Å²) in [6.07, 6.45) is 2.57. The van der Waals surface area contributed by atoms with Crippen molar-refractivity contribution in [3.63, 3.8) is 0 Å². The second kappa shape index (κ2) is 4.53. The minimum atomic E-state index is -0.390. The number of pyridine rings is 1. The third-order valence-corrected chi connectivity index (χ3v) is 2.40. The highest BCUT2D eigenvalue weighted by atomic mass is 16.5. The molecule has 0 N–H and O–H groups in total. The molecule has 5 heteroatoms. The summed E-state index contributed by atoms with van der Waals surface area (Å²) in [5.74, 6) is 0.837. The van der Waals surface area contributed by atoms with Crippen LogP contribution in [0.3, 0.4) is 0 Å². The lowest BCUT2D eigenvalue weighted by atomic mass is 10.1. The Morgan fingerprint density at radius 2 is 2.29 bits per heavy atom. The molecule has 0 fully saturated rings. The van der Waals surface area contributed by atoms with Crippen molar-refractivity contribution < 1.29 is 9.53 Å². The van der Waals surface area contributed by atoms with Gasteiger partial charge in [-0.1, -0.05) is 13.8 Å².